The molecule has 0 spiro atoms. The van der Waals surface area contributed by atoms with E-state index < -0.39 is 0 Å². The van der Waals surface area contributed by atoms with Crippen molar-refractivity contribution in [3.63, 3.8) is 0 Å². The molecule has 37 heavy (non-hydrogen) atoms. The molecule has 6 rings (SSSR count). The van der Waals surface area contributed by atoms with Crippen molar-refractivity contribution in [2.75, 3.05) is 5.32 Å². The van der Waals surface area contributed by atoms with Crippen LogP contribution in [0.4, 0.5) is 10.1 Å². The molecule has 182 valence electrons. The van der Waals surface area contributed by atoms with Crippen LogP contribution in [-0.4, -0.2) is 36.0 Å². The van der Waals surface area contributed by atoms with Gasteiger partial charge in [-0.1, -0.05) is 13.8 Å². The summed E-state index contributed by atoms with van der Waals surface area (Å²) in [6, 6.07) is 14.0. The third kappa shape index (κ3) is 4.20. The van der Waals surface area contributed by atoms with Crippen LogP contribution in [0.5, 0.6) is 0 Å². The molecule has 0 aliphatic carbocycles. The minimum atomic E-state index is -0.291. The predicted octanol–water partition coefficient (Wildman–Crippen LogP) is 5.96. The van der Waals surface area contributed by atoms with E-state index in [1.165, 1.54) is 12.1 Å². The van der Waals surface area contributed by atoms with Gasteiger partial charge in [-0.05, 0) is 48.5 Å². The lowest BCUT2D eigenvalue weighted by molar-refractivity contribution is -0.118. The number of aromatic amines is 2. The Kier molecular flexibility index (Phi) is 5.45. The molecular weight excluding hydrogens is 469 g/mol. The fraction of sp³-hybridized carbons (Fsp3) is 0.107. The average Bonchev–Trinajstić information content (AvgIpc) is 3.53. The molecular formula is C28H22FN7O. The van der Waals surface area contributed by atoms with E-state index in [4.69, 9.17) is 0 Å². The van der Waals surface area contributed by atoms with E-state index in [9.17, 15) is 9.18 Å². The minimum absolute atomic E-state index is 0.0761. The standard InChI is InChI=1S/C28H22FN7O/c1-15(2)28(37)33-19-9-17(12-30-13-19)23-10-21-25(14-32-23)35-36-27(21)24-11-20-22(34-24)7-8-31-26(20)16-3-5-18(29)6-4-16/h3-15,34H,1-2H3,(H,33,37)(H,35,36). The Balaban J connectivity index is 1.41. The number of benzene rings is 1. The molecule has 3 N–H and O–H groups in total. The van der Waals surface area contributed by atoms with Gasteiger partial charge in [0.25, 0.3) is 0 Å². The summed E-state index contributed by atoms with van der Waals surface area (Å²) in [5.41, 5.74) is 6.90. The van der Waals surface area contributed by atoms with Gasteiger partial charge < -0.3 is 10.3 Å². The smallest absolute Gasteiger partial charge is 0.226 e. The highest BCUT2D eigenvalue weighted by molar-refractivity contribution is 6.00. The molecule has 9 heteroatoms. The fourth-order valence-electron chi connectivity index (χ4n) is 4.23. The quantitative estimate of drug-likeness (QED) is 0.275. The zero-order valence-electron chi connectivity index (χ0n) is 20.1. The van der Waals surface area contributed by atoms with Crippen LogP contribution in [0, 0.1) is 11.7 Å². The number of hydrogen-bond acceptors (Lipinski definition) is 5. The van der Waals surface area contributed by atoms with Crippen LogP contribution in [0.3, 0.4) is 0 Å². The van der Waals surface area contributed by atoms with Gasteiger partial charge in [0.2, 0.25) is 5.91 Å². The van der Waals surface area contributed by atoms with Crippen molar-refractivity contribution in [2.24, 2.45) is 5.92 Å². The number of halogens is 1. The first-order valence-corrected chi connectivity index (χ1v) is 11.8. The summed E-state index contributed by atoms with van der Waals surface area (Å²) in [6.07, 6.45) is 6.78. The number of nitrogens with one attached hydrogen (secondary N) is 3. The maximum Gasteiger partial charge on any atom is 0.226 e. The van der Waals surface area contributed by atoms with Gasteiger partial charge in [-0.25, -0.2) is 4.39 Å². The Bertz CT molecular complexity index is 1770. The normalized spacial score (nSPS) is 11.5. The summed E-state index contributed by atoms with van der Waals surface area (Å²) in [7, 11) is 0. The molecule has 0 radical (unpaired) electrons. The number of aromatic nitrogens is 6. The molecule has 0 bridgehead atoms. The number of anilines is 1. The summed E-state index contributed by atoms with van der Waals surface area (Å²) in [4.78, 5) is 28.9. The Morgan fingerprint density at radius 2 is 1.70 bits per heavy atom. The van der Waals surface area contributed by atoms with E-state index in [1.54, 1.807) is 36.9 Å². The van der Waals surface area contributed by atoms with Crippen LogP contribution in [0.2, 0.25) is 0 Å². The fourth-order valence-corrected chi connectivity index (χ4v) is 4.23. The van der Waals surface area contributed by atoms with Gasteiger partial charge in [-0.2, -0.15) is 5.10 Å². The summed E-state index contributed by atoms with van der Waals surface area (Å²) in [5, 5.41) is 12.3. The number of fused-ring (bicyclic) bond motifs is 2. The van der Waals surface area contributed by atoms with E-state index in [0.717, 1.165) is 50.0 Å². The van der Waals surface area contributed by atoms with Gasteiger partial charge in [0.1, 0.15) is 11.5 Å². The Hall–Kier alpha value is -4.92. The number of amides is 1. The highest BCUT2D eigenvalue weighted by Crippen LogP contribution is 2.34. The molecule has 1 amide bonds. The van der Waals surface area contributed by atoms with Crippen molar-refractivity contribution in [3.8, 4) is 33.9 Å². The first-order chi connectivity index (χ1) is 18.0. The number of rotatable bonds is 5. The van der Waals surface area contributed by atoms with Crippen LogP contribution in [0.15, 0.2) is 73.3 Å². The Morgan fingerprint density at radius 3 is 2.51 bits per heavy atom. The molecule has 0 fully saturated rings. The van der Waals surface area contributed by atoms with Gasteiger partial charge >= 0.3 is 0 Å². The zero-order valence-corrected chi connectivity index (χ0v) is 20.1. The second kappa shape index (κ2) is 8.94. The molecule has 0 aliphatic rings. The molecule has 0 atom stereocenters. The van der Waals surface area contributed by atoms with Gasteiger partial charge in [-0.3, -0.25) is 24.8 Å². The molecule has 1 aromatic carbocycles. The molecule has 0 unspecified atom stereocenters. The number of pyridine rings is 3. The number of carbonyl (C=O) groups is 1. The van der Waals surface area contributed by atoms with Crippen LogP contribution < -0.4 is 5.32 Å². The maximum absolute atomic E-state index is 13.5. The monoisotopic (exact) mass is 491 g/mol. The first-order valence-electron chi connectivity index (χ1n) is 11.8. The molecule has 0 saturated heterocycles. The molecule has 0 saturated carbocycles. The van der Waals surface area contributed by atoms with Gasteiger partial charge in [0.15, 0.2) is 0 Å². The summed E-state index contributed by atoms with van der Waals surface area (Å²) in [5.74, 6) is -0.504. The number of carbonyl (C=O) groups excluding carboxylic acids is 1. The number of nitrogens with zero attached hydrogens (tertiary/aromatic N) is 4. The molecule has 0 aliphatic heterocycles. The van der Waals surface area contributed by atoms with Crippen LogP contribution in [0.25, 0.3) is 55.7 Å². The second-order valence-corrected chi connectivity index (χ2v) is 9.10. The second-order valence-electron chi connectivity index (χ2n) is 9.10. The molecule has 5 heterocycles. The van der Waals surface area contributed by atoms with Crippen molar-refractivity contribution >= 4 is 33.4 Å². The van der Waals surface area contributed by atoms with Gasteiger partial charge in [-0.15, -0.1) is 0 Å². The third-order valence-electron chi connectivity index (χ3n) is 6.19. The highest BCUT2D eigenvalue weighted by atomic mass is 19.1. The lowest BCUT2D eigenvalue weighted by atomic mass is 10.1. The largest absolute Gasteiger partial charge is 0.353 e. The molecule has 6 aromatic rings. The lowest BCUT2D eigenvalue weighted by Gasteiger charge is -2.08. The Labute approximate surface area is 211 Å². The van der Waals surface area contributed by atoms with Gasteiger partial charge in [0, 0.05) is 45.7 Å². The third-order valence-corrected chi connectivity index (χ3v) is 6.19. The Morgan fingerprint density at radius 1 is 0.892 bits per heavy atom. The van der Waals surface area contributed by atoms with Crippen LogP contribution >= 0.6 is 0 Å². The topological polar surface area (TPSA) is 112 Å². The van der Waals surface area contributed by atoms with E-state index in [-0.39, 0.29) is 17.6 Å². The van der Waals surface area contributed by atoms with Gasteiger partial charge in [0.05, 0.1) is 40.7 Å². The van der Waals surface area contributed by atoms with E-state index in [2.05, 4.69) is 35.5 Å². The SMILES string of the molecule is CC(C)C(=O)Nc1cncc(-c2cc3c(-c4cc5c(-c6ccc(F)cc6)nccc5[nH]4)n[nH]c3cn2)c1. The average molecular weight is 492 g/mol. The molecule has 8 nitrogen and oxygen atoms in total. The summed E-state index contributed by atoms with van der Waals surface area (Å²) >= 11 is 0. The van der Waals surface area contributed by atoms with Crippen molar-refractivity contribution in [3.05, 3.63) is 79.1 Å². The first kappa shape index (κ1) is 22.5. The summed E-state index contributed by atoms with van der Waals surface area (Å²) in [6.45, 7) is 3.68. The van der Waals surface area contributed by atoms with E-state index in [0.29, 0.717) is 11.4 Å². The lowest BCUT2D eigenvalue weighted by Crippen LogP contribution is -2.17. The number of H-pyrrole nitrogens is 2. The van der Waals surface area contributed by atoms with Crippen LogP contribution in [0.1, 0.15) is 13.8 Å². The summed E-state index contributed by atoms with van der Waals surface area (Å²) < 4.78 is 13.5. The maximum atomic E-state index is 13.5. The van der Waals surface area contributed by atoms with E-state index in [1.807, 2.05) is 38.1 Å². The highest BCUT2D eigenvalue weighted by Gasteiger charge is 2.16. The van der Waals surface area contributed by atoms with E-state index >= 15 is 0 Å². The zero-order chi connectivity index (χ0) is 25.5. The minimum Gasteiger partial charge on any atom is -0.353 e. The number of hydrogen-bond donors (Lipinski definition) is 3. The van der Waals surface area contributed by atoms with Crippen molar-refractivity contribution in [1.29, 1.82) is 0 Å². The van der Waals surface area contributed by atoms with Crippen molar-refractivity contribution < 1.29 is 9.18 Å². The predicted molar refractivity (Wildman–Crippen MR) is 141 cm³/mol. The molecule has 5 aromatic heterocycles. The van der Waals surface area contributed by atoms with Crippen LogP contribution in [-0.2, 0) is 4.79 Å². The van der Waals surface area contributed by atoms with Crippen molar-refractivity contribution in [2.45, 2.75) is 13.8 Å². The van der Waals surface area contributed by atoms with Crippen molar-refractivity contribution in [1.82, 2.24) is 30.1 Å².